The van der Waals surface area contributed by atoms with Crippen LogP contribution in [0, 0.1) is 0 Å². The molecule has 0 aromatic rings. The average Bonchev–Trinajstić information content (AvgIpc) is 3.05. The summed E-state index contributed by atoms with van der Waals surface area (Å²) in [5.41, 5.74) is 0. The number of nitrogens with zero attached hydrogens (tertiary/aromatic N) is 1. The Kier molecular flexibility index (Phi) is 14.1. The molecule has 384 valence electrons. The quantitative estimate of drug-likeness (QED) is 0.103. The van der Waals surface area contributed by atoms with E-state index in [-0.39, 0.29) is 0 Å². The highest BCUT2D eigenvalue weighted by Crippen LogP contribution is 2.68. The zero-order valence-corrected chi connectivity index (χ0v) is 28.5. The van der Waals surface area contributed by atoms with Gasteiger partial charge in [-0.1, -0.05) is 6.92 Å². The van der Waals surface area contributed by atoms with Crippen LogP contribution in [0.1, 0.15) is 6.92 Å². The number of hydrogen-bond acceptors (Lipinski definition) is 3. The largest absolute Gasteiger partial charge is 0.478 e. The zero-order valence-electron chi connectivity index (χ0n) is 27.7. The summed E-state index contributed by atoms with van der Waals surface area (Å²) >= 11 is 0. The fourth-order valence-electron chi connectivity index (χ4n) is 3.97. The van der Waals surface area contributed by atoms with Crippen molar-refractivity contribution in [2.24, 2.45) is 0 Å². The van der Waals surface area contributed by atoms with Crippen LogP contribution < -0.4 is 0 Å². The summed E-state index contributed by atoms with van der Waals surface area (Å²) in [7, 11) is -10.2. The van der Waals surface area contributed by atoms with Crippen LogP contribution in [0.2, 0.25) is 0 Å². The van der Waals surface area contributed by atoms with Crippen molar-refractivity contribution in [2.45, 2.75) is 113 Å². The van der Waals surface area contributed by atoms with Crippen molar-refractivity contribution in [2.75, 3.05) is 6.54 Å². The van der Waals surface area contributed by atoms with Gasteiger partial charge in [0.1, 0.15) is 0 Å². The first-order chi connectivity index (χ1) is 26.9. The SMILES string of the molecule is CCN(C(F)(C(=O)O)C(F)(F)C(F)(F)C(F)(F)C(F)(F)C(F)(F)C(F)(F)C(F)(F)C(F)(F)C(F)(F)F)S(=O)(=O)C(F)(F)C(F)(F)C(F)(F)C(F)(F)C(F)(F)C(F)(F)C(F)(F)C(F)(F)F. The molecule has 0 bridgehead atoms. The summed E-state index contributed by atoms with van der Waals surface area (Å²) in [6, 6.07) is 0. The van der Waals surface area contributed by atoms with Crippen molar-refractivity contribution in [3.05, 3.63) is 0 Å². The molecule has 0 saturated carbocycles. The van der Waals surface area contributed by atoms with Crippen molar-refractivity contribution < 1.29 is 181 Å². The molecule has 0 aromatic heterocycles. The first kappa shape index (κ1) is 60.8. The number of alkyl halides is 37. The van der Waals surface area contributed by atoms with Crippen LogP contribution in [0.25, 0.3) is 0 Å². The minimum atomic E-state index is -10.2. The molecule has 64 heavy (non-hydrogen) atoms. The van der Waals surface area contributed by atoms with Crippen LogP contribution in [-0.4, -0.2) is 137 Å². The van der Waals surface area contributed by atoms with Crippen molar-refractivity contribution in [1.29, 1.82) is 0 Å². The maximum Gasteiger partial charge on any atom is 0.460 e. The van der Waals surface area contributed by atoms with E-state index in [1.807, 2.05) is 0 Å². The predicted molar refractivity (Wildman–Crippen MR) is 119 cm³/mol. The van der Waals surface area contributed by atoms with Gasteiger partial charge in [0.2, 0.25) is 0 Å². The molecule has 0 fully saturated rings. The van der Waals surface area contributed by atoms with Gasteiger partial charge in [-0.2, -0.15) is 158 Å². The van der Waals surface area contributed by atoms with Gasteiger partial charge in [0.25, 0.3) is 10.0 Å². The van der Waals surface area contributed by atoms with Crippen LogP contribution >= 0.6 is 0 Å². The molecule has 0 radical (unpaired) electrons. The molecule has 0 aromatic carbocycles. The lowest BCUT2D eigenvalue weighted by molar-refractivity contribution is -0.472. The third kappa shape index (κ3) is 6.81. The molecule has 0 saturated heterocycles. The first-order valence-electron chi connectivity index (χ1n) is 13.6. The monoisotopic (exact) mass is 1070 g/mol. The van der Waals surface area contributed by atoms with Gasteiger partial charge in [-0.3, -0.25) is 0 Å². The van der Waals surface area contributed by atoms with Crippen molar-refractivity contribution >= 4 is 16.0 Å². The van der Waals surface area contributed by atoms with Crippen LogP contribution in [0.15, 0.2) is 0 Å². The lowest BCUT2D eigenvalue weighted by Crippen LogP contribution is -2.80. The van der Waals surface area contributed by atoms with Gasteiger partial charge in [0.05, 0.1) is 0 Å². The number of rotatable bonds is 19. The van der Waals surface area contributed by atoms with Crippen LogP contribution in [0.4, 0.5) is 162 Å². The molecular weight excluding hydrogens is 1070 g/mol. The summed E-state index contributed by atoms with van der Waals surface area (Å²) in [5.74, 6) is -150. The van der Waals surface area contributed by atoms with E-state index in [0.717, 1.165) is 0 Å². The Morgan fingerprint density at radius 2 is 0.516 bits per heavy atom. The Bertz CT molecular complexity index is 1860. The number of carboxylic acid groups (broad SMARTS) is 1. The second-order valence-corrected chi connectivity index (χ2v) is 13.6. The minimum absolute atomic E-state index is 1.12. The molecule has 0 aliphatic heterocycles. The maximum atomic E-state index is 15.4. The molecule has 0 amide bonds. The zero-order chi connectivity index (χ0) is 53.4. The summed E-state index contributed by atoms with van der Waals surface area (Å²) < 4.78 is 526. The second kappa shape index (κ2) is 14.9. The highest BCUT2D eigenvalue weighted by Gasteiger charge is 3.00. The van der Waals surface area contributed by atoms with E-state index in [4.69, 9.17) is 5.11 Å². The molecule has 1 unspecified atom stereocenters. The van der Waals surface area contributed by atoms with Crippen molar-refractivity contribution in [3.8, 4) is 0 Å². The highest BCUT2D eigenvalue weighted by molar-refractivity contribution is 7.90. The molecule has 1 atom stereocenters. The fraction of sp³-hybridized carbons (Fsp3) is 0.952. The number of carboxylic acids is 1. The van der Waals surface area contributed by atoms with Crippen LogP contribution in [0.3, 0.4) is 0 Å². The molecule has 0 spiro atoms. The normalized spacial score (nSPS) is 17.8. The number of carbonyl (C=O) groups is 1. The Balaban J connectivity index is 8.30. The van der Waals surface area contributed by atoms with Gasteiger partial charge in [-0.15, -0.1) is 4.31 Å². The molecule has 0 aliphatic rings. The van der Waals surface area contributed by atoms with Crippen molar-refractivity contribution in [3.63, 3.8) is 0 Å². The molecular formula is C21H6F37NO4S. The van der Waals surface area contributed by atoms with Gasteiger partial charge in [-0.25, -0.2) is 17.6 Å². The number of aliphatic carboxylic acids is 1. The summed E-state index contributed by atoms with van der Waals surface area (Å²) in [6.45, 7) is -5.02. The van der Waals surface area contributed by atoms with E-state index in [1.54, 1.807) is 0 Å². The Morgan fingerprint density at radius 3 is 0.688 bits per heavy atom. The highest BCUT2D eigenvalue weighted by atomic mass is 32.2. The van der Waals surface area contributed by atoms with E-state index in [2.05, 4.69) is 0 Å². The van der Waals surface area contributed by atoms with E-state index in [9.17, 15) is 171 Å². The van der Waals surface area contributed by atoms with Crippen LogP contribution in [-0.2, 0) is 14.8 Å². The minimum Gasteiger partial charge on any atom is -0.478 e. The van der Waals surface area contributed by atoms with Crippen LogP contribution in [0.5, 0.6) is 0 Å². The van der Waals surface area contributed by atoms with Gasteiger partial charge in [0.15, 0.2) is 0 Å². The van der Waals surface area contributed by atoms with Gasteiger partial charge >= 0.3 is 112 Å². The maximum absolute atomic E-state index is 15.4. The topological polar surface area (TPSA) is 74.7 Å². The second-order valence-electron chi connectivity index (χ2n) is 11.7. The lowest BCUT2D eigenvalue weighted by Gasteiger charge is -2.47. The van der Waals surface area contributed by atoms with E-state index in [1.165, 1.54) is 0 Å². The van der Waals surface area contributed by atoms with E-state index in [0.29, 0.717) is 0 Å². The van der Waals surface area contributed by atoms with Crippen molar-refractivity contribution in [1.82, 2.24) is 4.31 Å². The summed E-state index contributed by atoms with van der Waals surface area (Å²) in [5, 5.41) is -0.981. The summed E-state index contributed by atoms with van der Waals surface area (Å²) in [4.78, 5) is 11.2. The van der Waals surface area contributed by atoms with Gasteiger partial charge in [-0.05, 0) is 0 Å². The average molecular weight is 1070 g/mol. The number of hydrogen-bond donors (Lipinski definition) is 1. The Labute approximate surface area is 322 Å². The third-order valence-electron chi connectivity index (χ3n) is 7.75. The fourth-order valence-corrected chi connectivity index (χ4v) is 5.56. The first-order valence-corrected chi connectivity index (χ1v) is 15.1. The molecule has 0 aliphatic carbocycles. The molecule has 0 rings (SSSR count). The number of halogens is 37. The Morgan fingerprint density at radius 1 is 0.344 bits per heavy atom. The van der Waals surface area contributed by atoms with E-state index < -0.39 is 140 Å². The summed E-state index contributed by atoms with van der Waals surface area (Å²) in [6.07, 6.45) is -16.9. The molecule has 1 N–H and O–H groups in total. The number of sulfonamides is 1. The molecule has 0 heterocycles. The van der Waals surface area contributed by atoms with Gasteiger partial charge in [0, 0.05) is 6.54 Å². The third-order valence-corrected chi connectivity index (χ3v) is 9.75. The number of likely N-dealkylation sites (N-methyl/N-ethyl adjacent to an activating group) is 1. The van der Waals surface area contributed by atoms with Gasteiger partial charge < -0.3 is 5.11 Å². The molecule has 43 heteroatoms. The standard InChI is InChI=1S/C21H6F37NO4S/c1-2-59(64(62,63)21(57,58)18(49,50)15(43,44)12(37,38)11(35,36)14(41,42)17(47,48)20(54,55)56)4(22,3(60)61)5(23,24)6(25,26)7(27,28)8(29,30)9(31,32)10(33,34)13(39,40)16(45,46)19(51,52)53/h2H2,1H3,(H,60,61). The van der Waals surface area contributed by atoms with E-state index >= 15 is 4.39 Å². The predicted octanol–water partition coefficient (Wildman–Crippen LogP) is 11.0. The Hall–Kier alpha value is -3.21. The lowest BCUT2D eigenvalue weighted by atomic mass is 9.85. The smallest absolute Gasteiger partial charge is 0.460 e. The molecule has 5 nitrogen and oxygen atoms in total.